The summed E-state index contributed by atoms with van der Waals surface area (Å²) in [5, 5.41) is 19.0. The molecular weight excluding hydrogens is 330 g/mol. The smallest absolute Gasteiger partial charge is 0.261 e. The maximum atomic E-state index is 12.7. The quantitative estimate of drug-likeness (QED) is 0.695. The van der Waals surface area contributed by atoms with Crippen molar-refractivity contribution in [1.29, 1.82) is 0 Å². The number of aromatic hydroxyl groups is 2. The van der Waals surface area contributed by atoms with Gasteiger partial charge in [-0.15, -0.1) is 0 Å². The lowest BCUT2D eigenvalue weighted by Gasteiger charge is -2.11. The van der Waals surface area contributed by atoms with E-state index in [9.17, 15) is 19.8 Å². The third-order valence-corrected chi connectivity index (χ3v) is 4.60. The highest BCUT2D eigenvalue weighted by Gasteiger charge is 2.37. The summed E-state index contributed by atoms with van der Waals surface area (Å²) < 4.78 is 0. The molecule has 0 atom stereocenters. The summed E-state index contributed by atoms with van der Waals surface area (Å²) in [4.78, 5) is 26.6. The molecule has 0 fully saturated rings. The predicted octanol–water partition coefficient (Wildman–Crippen LogP) is 3.66. The molecular formula is C21H15NO4. The maximum absolute atomic E-state index is 12.7. The second kappa shape index (κ2) is 5.74. The molecule has 0 bridgehead atoms. The molecule has 0 saturated heterocycles. The summed E-state index contributed by atoms with van der Waals surface area (Å²) in [5.74, 6) is -0.446. The van der Waals surface area contributed by atoms with Crippen LogP contribution in [0.5, 0.6) is 11.5 Å². The van der Waals surface area contributed by atoms with E-state index in [1.807, 2.05) is 0 Å². The lowest BCUT2D eigenvalue weighted by atomic mass is 9.90. The zero-order chi connectivity index (χ0) is 18.4. The number of benzene rings is 3. The molecule has 4 rings (SSSR count). The van der Waals surface area contributed by atoms with Crippen molar-refractivity contribution in [2.45, 2.75) is 0 Å². The number of hydrogen-bond donors (Lipinski definition) is 2. The average molecular weight is 345 g/mol. The summed E-state index contributed by atoms with van der Waals surface area (Å²) in [7, 11) is 1.46. The van der Waals surface area contributed by atoms with Crippen LogP contribution in [-0.4, -0.2) is 34.0 Å². The Hall–Kier alpha value is -3.60. The monoisotopic (exact) mass is 345 g/mol. The first-order chi connectivity index (χ1) is 12.5. The molecule has 3 aromatic rings. The van der Waals surface area contributed by atoms with Gasteiger partial charge in [0.05, 0.1) is 11.1 Å². The van der Waals surface area contributed by atoms with Crippen molar-refractivity contribution in [3.63, 3.8) is 0 Å². The summed E-state index contributed by atoms with van der Waals surface area (Å²) >= 11 is 0. The van der Waals surface area contributed by atoms with Gasteiger partial charge < -0.3 is 10.2 Å². The van der Waals surface area contributed by atoms with Gasteiger partial charge in [0.1, 0.15) is 11.5 Å². The van der Waals surface area contributed by atoms with E-state index >= 15 is 0 Å². The Morgan fingerprint density at radius 2 is 0.962 bits per heavy atom. The molecule has 0 radical (unpaired) electrons. The molecule has 1 aliphatic heterocycles. The molecule has 0 aliphatic carbocycles. The lowest BCUT2D eigenvalue weighted by Crippen LogP contribution is -2.24. The standard InChI is InChI=1S/C21H15NO4/c1-22-20(25)18-16(12-2-6-14(23)7-3-12)10-11-17(19(18)21(22)26)13-4-8-15(24)9-5-13/h2-11,23-24H,1H3. The Morgan fingerprint density at radius 3 is 1.31 bits per heavy atom. The Kier molecular flexibility index (Phi) is 3.51. The Labute approximate surface area is 149 Å². The average Bonchev–Trinajstić information content (AvgIpc) is 2.88. The first kappa shape index (κ1) is 15.9. The van der Waals surface area contributed by atoms with Crippen LogP contribution in [0.3, 0.4) is 0 Å². The van der Waals surface area contributed by atoms with Crippen molar-refractivity contribution in [2.24, 2.45) is 0 Å². The van der Waals surface area contributed by atoms with Crippen molar-refractivity contribution < 1.29 is 19.8 Å². The second-order valence-corrected chi connectivity index (χ2v) is 6.17. The van der Waals surface area contributed by atoms with Gasteiger partial charge in [-0.1, -0.05) is 36.4 Å². The molecule has 26 heavy (non-hydrogen) atoms. The van der Waals surface area contributed by atoms with Crippen LogP contribution < -0.4 is 0 Å². The number of nitrogens with zero attached hydrogens (tertiary/aromatic N) is 1. The number of fused-ring (bicyclic) bond motifs is 1. The van der Waals surface area contributed by atoms with E-state index in [0.717, 1.165) is 16.0 Å². The number of carbonyl (C=O) groups is 2. The number of imide groups is 1. The van der Waals surface area contributed by atoms with Crippen LogP contribution in [0.2, 0.25) is 0 Å². The summed E-state index contributed by atoms with van der Waals surface area (Å²) in [6, 6.07) is 16.6. The molecule has 5 nitrogen and oxygen atoms in total. The Bertz CT molecular complexity index is 952. The number of rotatable bonds is 2. The minimum atomic E-state index is -0.353. The van der Waals surface area contributed by atoms with E-state index in [1.165, 1.54) is 7.05 Å². The SMILES string of the molecule is CN1C(=O)c2c(-c3ccc(O)cc3)ccc(-c3ccc(O)cc3)c2C1=O. The highest BCUT2D eigenvalue weighted by molar-refractivity contribution is 6.26. The van der Waals surface area contributed by atoms with Gasteiger partial charge in [-0.2, -0.15) is 0 Å². The summed E-state index contributed by atoms with van der Waals surface area (Å²) in [6.07, 6.45) is 0. The van der Waals surface area contributed by atoms with Crippen molar-refractivity contribution >= 4 is 11.8 Å². The molecule has 1 heterocycles. The summed E-state index contributed by atoms with van der Waals surface area (Å²) in [6.45, 7) is 0. The fourth-order valence-corrected chi connectivity index (χ4v) is 3.24. The largest absolute Gasteiger partial charge is 0.508 e. The van der Waals surface area contributed by atoms with Crippen LogP contribution in [0, 0.1) is 0 Å². The normalized spacial score (nSPS) is 13.2. The van der Waals surface area contributed by atoms with Crippen LogP contribution in [0.15, 0.2) is 60.7 Å². The van der Waals surface area contributed by atoms with Crippen molar-refractivity contribution in [1.82, 2.24) is 4.90 Å². The van der Waals surface area contributed by atoms with Gasteiger partial charge in [0.2, 0.25) is 0 Å². The minimum absolute atomic E-state index is 0.130. The van der Waals surface area contributed by atoms with Gasteiger partial charge in [0, 0.05) is 7.05 Å². The number of carbonyl (C=O) groups excluding carboxylic acids is 2. The Morgan fingerprint density at radius 1 is 0.615 bits per heavy atom. The van der Waals surface area contributed by atoms with Crippen LogP contribution >= 0.6 is 0 Å². The van der Waals surface area contributed by atoms with Gasteiger partial charge >= 0.3 is 0 Å². The summed E-state index contributed by atoms with van der Waals surface area (Å²) in [5.41, 5.74) is 3.48. The number of phenolic OH excluding ortho intramolecular Hbond substituents is 2. The molecule has 0 unspecified atom stereocenters. The molecule has 5 heteroatoms. The van der Waals surface area contributed by atoms with Crippen molar-refractivity contribution in [3.05, 3.63) is 71.8 Å². The Balaban J connectivity index is 1.98. The zero-order valence-corrected chi connectivity index (χ0v) is 13.9. The van der Waals surface area contributed by atoms with Crippen molar-refractivity contribution in [2.75, 3.05) is 7.05 Å². The number of hydrogen-bond acceptors (Lipinski definition) is 4. The van der Waals surface area contributed by atoms with E-state index in [4.69, 9.17) is 0 Å². The molecule has 1 aliphatic rings. The minimum Gasteiger partial charge on any atom is -0.508 e. The molecule has 2 amide bonds. The van der Waals surface area contributed by atoms with Gasteiger partial charge in [-0.05, 0) is 46.5 Å². The third kappa shape index (κ3) is 2.33. The van der Waals surface area contributed by atoms with Gasteiger partial charge in [0.25, 0.3) is 11.8 Å². The van der Waals surface area contributed by atoms with E-state index in [1.54, 1.807) is 60.7 Å². The molecule has 0 aromatic heterocycles. The molecule has 0 spiro atoms. The fraction of sp³-hybridized carbons (Fsp3) is 0.0476. The van der Waals surface area contributed by atoms with Gasteiger partial charge in [-0.25, -0.2) is 0 Å². The van der Waals surface area contributed by atoms with E-state index < -0.39 is 0 Å². The molecule has 3 aromatic carbocycles. The second-order valence-electron chi connectivity index (χ2n) is 6.17. The predicted molar refractivity (Wildman–Crippen MR) is 97.1 cm³/mol. The highest BCUT2D eigenvalue weighted by atomic mass is 16.3. The topological polar surface area (TPSA) is 77.8 Å². The maximum Gasteiger partial charge on any atom is 0.261 e. The third-order valence-electron chi connectivity index (χ3n) is 4.60. The highest BCUT2D eigenvalue weighted by Crippen LogP contribution is 2.39. The van der Waals surface area contributed by atoms with Crippen LogP contribution in [-0.2, 0) is 0 Å². The number of phenols is 2. The van der Waals surface area contributed by atoms with Crippen LogP contribution in [0.1, 0.15) is 20.7 Å². The van der Waals surface area contributed by atoms with Crippen LogP contribution in [0.25, 0.3) is 22.3 Å². The lowest BCUT2D eigenvalue weighted by molar-refractivity contribution is 0.0693. The molecule has 128 valence electrons. The van der Waals surface area contributed by atoms with Gasteiger partial charge in [-0.3, -0.25) is 14.5 Å². The van der Waals surface area contributed by atoms with Gasteiger partial charge in [0.15, 0.2) is 0 Å². The van der Waals surface area contributed by atoms with E-state index in [0.29, 0.717) is 22.3 Å². The van der Waals surface area contributed by atoms with Crippen LogP contribution in [0.4, 0.5) is 0 Å². The molecule has 0 saturated carbocycles. The zero-order valence-electron chi connectivity index (χ0n) is 13.9. The fourth-order valence-electron chi connectivity index (χ4n) is 3.24. The van der Waals surface area contributed by atoms with Crippen molar-refractivity contribution in [3.8, 4) is 33.8 Å². The van der Waals surface area contributed by atoms with E-state index in [2.05, 4.69) is 0 Å². The number of amides is 2. The van der Waals surface area contributed by atoms with E-state index in [-0.39, 0.29) is 23.3 Å². The molecule has 2 N–H and O–H groups in total. The first-order valence-corrected chi connectivity index (χ1v) is 8.05. The first-order valence-electron chi connectivity index (χ1n) is 8.05.